The molecule has 0 saturated carbocycles. The van der Waals surface area contributed by atoms with E-state index < -0.39 is 5.97 Å². The fourth-order valence-corrected chi connectivity index (χ4v) is 1.52. The van der Waals surface area contributed by atoms with E-state index in [0.29, 0.717) is 11.3 Å². The molecule has 1 heterocycles. The number of fused-ring (bicyclic) bond motifs is 1. The molecule has 78 valence electrons. The van der Waals surface area contributed by atoms with E-state index in [9.17, 15) is 9.90 Å². The third-order valence-corrected chi connectivity index (χ3v) is 2.18. The van der Waals surface area contributed by atoms with E-state index in [1.54, 1.807) is 19.1 Å². The SMILES string of the molecule is COC(=O)c1c(O)ccc2cc(C)oc12. The zero-order valence-electron chi connectivity index (χ0n) is 8.40. The number of rotatable bonds is 1. The minimum atomic E-state index is -0.604. The number of furan rings is 1. The number of aryl methyl sites for hydroxylation is 1. The number of ether oxygens (including phenoxy) is 1. The van der Waals surface area contributed by atoms with Gasteiger partial charge in [-0.15, -0.1) is 0 Å². The summed E-state index contributed by atoms with van der Waals surface area (Å²) >= 11 is 0. The van der Waals surface area contributed by atoms with Crippen molar-refractivity contribution in [3.63, 3.8) is 0 Å². The van der Waals surface area contributed by atoms with E-state index >= 15 is 0 Å². The second-order valence-electron chi connectivity index (χ2n) is 3.23. The molecule has 0 saturated heterocycles. The van der Waals surface area contributed by atoms with Crippen LogP contribution in [0.5, 0.6) is 5.75 Å². The summed E-state index contributed by atoms with van der Waals surface area (Å²) in [5.41, 5.74) is 0.433. The Morgan fingerprint density at radius 1 is 1.47 bits per heavy atom. The fraction of sp³-hybridized carbons (Fsp3) is 0.182. The molecular formula is C11H10O4. The summed E-state index contributed by atoms with van der Waals surface area (Å²) in [6, 6.07) is 4.93. The first kappa shape index (κ1) is 9.58. The maximum absolute atomic E-state index is 11.4. The molecule has 0 radical (unpaired) electrons. The Morgan fingerprint density at radius 3 is 2.87 bits per heavy atom. The zero-order valence-corrected chi connectivity index (χ0v) is 8.40. The molecule has 0 amide bonds. The highest BCUT2D eigenvalue weighted by atomic mass is 16.5. The summed E-state index contributed by atoms with van der Waals surface area (Å²) in [7, 11) is 1.26. The van der Waals surface area contributed by atoms with Crippen molar-refractivity contribution in [2.75, 3.05) is 7.11 Å². The second kappa shape index (κ2) is 3.31. The number of phenols is 1. The van der Waals surface area contributed by atoms with Crippen molar-refractivity contribution < 1.29 is 19.1 Å². The van der Waals surface area contributed by atoms with Gasteiger partial charge in [-0.3, -0.25) is 0 Å². The Morgan fingerprint density at radius 2 is 2.20 bits per heavy atom. The van der Waals surface area contributed by atoms with Crippen LogP contribution in [0.4, 0.5) is 0 Å². The van der Waals surface area contributed by atoms with Gasteiger partial charge in [0.15, 0.2) is 5.58 Å². The molecule has 0 fully saturated rings. The van der Waals surface area contributed by atoms with Crippen LogP contribution in [0.25, 0.3) is 11.0 Å². The summed E-state index contributed by atoms with van der Waals surface area (Å²) < 4.78 is 9.92. The van der Waals surface area contributed by atoms with Crippen LogP contribution in [0.3, 0.4) is 0 Å². The van der Waals surface area contributed by atoms with Crippen molar-refractivity contribution in [3.05, 3.63) is 29.5 Å². The Bertz CT molecular complexity index is 525. The number of carbonyl (C=O) groups is 1. The number of esters is 1. The van der Waals surface area contributed by atoms with Crippen molar-refractivity contribution in [1.82, 2.24) is 0 Å². The van der Waals surface area contributed by atoms with Crippen molar-refractivity contribution in [3.8, 4) is 5.75 Å². The van der Waals surface area contributed by atoms with Crippen LogP contribution < -0.4 is 0 Å². The van der Waals surface area contributed by atoms with Crippen molar-refractivity contribution >= 4 is 16.9 Å². The van der Waals surface area contributed by atoms with Crippen molar-refractivity contribution in [1.29, 1.82) is 0 Å². The first-order valence-electron chi connectivity index (χ1n) is 4.44. The second-order valence-corrected chi connectivity index (χ2v) is 3.23. The summed E-state index contributed by atoms with van der Waals surface area (Å²) in [5, 5.41) is 10.3. The van der Waals surface area contributed by atoms with Gasteiger partial charge in [0.25, 0.3) is 0 Å². The predicted molar refractivity (Wildman–Crippen MR) is 54.0 cm³/mol. The minimum Gasteiger partial charge on any atom is -0.507 e. The summed E-state index contributed by atoms with van der Waals surface area (Å²) in [6.45, 7) is 1.78. The molecule has 0 spiro atoms. The van der Waals surface area contributed by atoms with Gasteiger partial charge in [0.05, 0.1) is 7.11 Å². The maximum atomic E-state index is 11.4. The highest BCUT2D eigenvalue weighted by Gasteiger charge is 2.18. The Hall–Kier alpha value is -1.97. The van der Waals surface area contributed by atoms with Gasteiger partial charge in [-0.05, 0) is 25.1 Å². The lowest BCUT2D eigenvalue weighted by molar-refractivity contribution is 0.0598. The normalized spacial score (nSPS) is 10.5. The number of methoxy groups -OCH3 is 1. The topological polar surface area (TPSA) is 59.7 Å². The molecule has 15 heavy (non-hydrogen) atoms. The lowest BCUT2D eigenvalue weighted by Crippen LogP contribution is -2.01. The third kappa shape index (κ3) is 1.44. The Kier molecular flexibility index (Phi) is 2.11. The lowest BCUT2D eigenvalue weighted by Gasteiger charge is -2.02. The largest absolute Gasteiger partial charge is 0.507 e. The molecule has 0 aliphatic heterocycles. The molecule has 0 bridgehead atoms. The first-order chi connectivity index (χ1) is 7.13. The molecule has 1 N–H and O–H groups in total. The summed E-state index contributed by atoms with van der Waals surface area (Å²) in [6.07, 6.45) is 0. The highest BCUT2D eigenvalue weighted by Crippen LogP contribution is 2.29. The predicted octanol–water partition coefficient (Wildman–Crippen LogP) is 2.23. The molecule has 0 aliphatic rings. The molecule has 2 rings (SSSR count). The molecular weight excluding hydrogens is 196 g/mol. The van der Waals surface area contributed by atoms with Gasteiger partial charge < -0.3 is 14.3 Å². The standard InChI is InChI=1S/C11H10O4/c1-6-5-7-3-4-8(12)9(10(7)15-6)11(13)14-2/h3-5,12H,1-2H3. The number of benzene rings is 1. The maximum Gasteiger partial charge on any atom is 0.345 e. The van der Waals surface area contributed by atoms with E-state index in [1.165, 1.54) is 13.2 Å². The fourth-order valence-electron chi connectivity index (χ4n) is 1.52. The monoisotopic (exact) mass is 206 g/mol. The molecule has 2 aromatic rings. The van der Waals surface area contributed by atoms with E-state index in [1.807, 2.05) is 0 Å². The lowest BCUT2D eigenvalue weighted by atomic mass is 10.1. The van der Waals surface area contributed by atoms with Crippen molar-refractivity contribution in [2.45, 2.75) is 6.92 Å². The highest BCUT2D eigenvalue weighted by molar-refractivity contribution is 6.04. The van der Waals surface area contributed by atoms with Crippen LogP contribution in [0.15, 0.2) is 22.6 Å². The van der Waals surface area contributed by atoms with Crippen LogP contribution in [0, 0.1) is 6.92 Å². The molecule has 1 aromatic heterocycles. The molecule has 0 atom stereocenters. The zero-order chi connectivity index (χ0) is 11.0. The molecule has 0 aliphatic carbocycles. The number of phenolic OH excluding ortho intramolecular Hbond substituents is 1. The van der Waals surface area contributed by atoms with Gasteiger partial charge in [-0.2, -0.15) is 0 Å². The van der Waals surface area contributed by atoms with E-state index in [-0.39, 0.29) is 11.3 Å². The Labute approximate surface area is 86.1 Å². The first-order valence-corrected chi connectivity index (χ1v) is 4.44. The number of hydrogen-bond donors (Lipinski definition) is 1. The summed E-state index contributed by atoms with van der Waals surface area (Å²) in [5.74, 6) is -0.0584. The van der Waals surface area contributed by atoms with E-state index in [0.717, 1.165) is 5.39 Å². The molecule has 4 nitrogen and oxygen atoms in total. The summed E-state index contributed by atoms with van der Waals surface area (Å²) in [4.78, 5) is 11.4. The average molecular weight is 206 g/mol. The van der Waals surface area contributed by atoms with Crippen LogP contribution in [0.1, 0.15) is 16.1 Å². The number of aromatic hydroxyl groups is 1. The average Bonchev–Trinajstić information content (AvgIpc) is 2.57. The van der Waals surface area contributed by atoms with Crippen LogP contribution in [-0.4, -0.2) is 18.2 Å². The smallest absolute Gasteiger partial charge is 0.345 e. The van der Waals surface area contributed by atoms with Gasteiger partial charge >= 0.3 is 5.97 Å². The quantitative estimate of drug-likeness (QED) is 0.727. The molecule has 0 unspecified atom stereocenters. The van der Waals surface area contributed by atoms with Crippen LogP contribution in [-0.2, 0) is 4.74 Å². The van der Waals surface area contributed by atoms with Gasteiger partial charge in [0.2, 0.25) is 0 Å². The number of carbonyl (C=O) groups excluding carboxylic acids is 1. The van der Waals surface area contributed by atoms with E-state index in [2.05, 4.69) is 4.74 Å². The Balaban J connectivity index is 2.78. The van der Waals surface area contributed by atoms with Gasteiger partial charge in [0.1, 0.15) is 17.1 Å². The van der Waals surface area contributed by atoms with Crippen LogP contribution >= 0.6 is 0 Å². The third-order valence-electron chi connectivity index (χ3n) is 2.18. The minimum absolute atomic E-state index is 0.0723. The van der Waals surface area contributed by atoms with Crippen molar-refractivity contribution in [2.24, 2.45) is 0 Å². The van der Waals surface area contributed by atoms with E-state index in [4.69, 9.17) is 4.42 Å². The molecule has 1 aromatic carbocycles. The van der Waals surface area contributed by atoms with Crippen LogP contribution in [0.2, 0.25) is 0 Å². The van der Waals surface area contributed by atoms with Gasteiger partial charge in [-0.25, -0.2) is 4.79 Å². The van der Waals surface area contributed by atoms with Gasteiger partial charge in [-0.1, -0.05) is 0 Å². The van der Waals surface area contributed by atoms with Gasteiger partial charge in [0, 0.05) is 5.39 Å². The molecule has 4 heteroatoms. The number of hydrogen-bond acceptors (Lipinski definition) is 4.